The first-order chi connectivity index (χ1) is 13.7. The molecular weight excluding hydrogens is 350 g/mol. The number of aromatic nitrogens is 1. The Hall–Kier alpha value is -2.60. The minimum Gasteiger partial charge on any atom is -0.354 e. The minimum absolute atomic E-state index is 0.0335. The summed E-state index contributed by atoms with van der Waals surface area (Å²) in [7, 11) is 2.15. The van der Waals surface area contributed by atoms with Crippen LogP contribution >= 0.6 is 0 Å². The molecule has 2 aromatic rings. The summed E-state index contributed by atoms with van der Waals surface area (Å²) < 4.78 is 0. The van der Waals surface area contributed by atoms with Crippen LogP contribution in [0, 0.1) is 0 Å². The molecule has 1 saturated heterocycles. The van der Waals surface area contributed by atoms with Gasteiger partial charge in [0.15, 0.2) is 0 Å². The fourth-order valence-corrected chi connectivity index (χ4v) is 3.36. The van der Waals surface area contributed by atoms with Gasteiger partial charge in [0.25, 0.3) is 0 Å². The van der Waals surface area contributed by atoms with E-state index in [1.807, 2.05) is 29.3 Å². The van der Waals surface area contributed by atoms with Gasteiger partial charge in [-0.1, -0.05) is 43.3 Å². The third kappa shape index (κ3) is 5.70. The second-order valence-electron chi connectivity index (χ2n) is 7.38. The number of pyridine rings is 1. The number of nitrogens with zero attached hydrogens (tertiary/aromatic N) is 4. The van der Waals surface area contributed by atoms with Crippen LogP contribution in [-0.4, -0.2) is 60.6 Å². The zero-order chi connectivity index (χ0) is 19.8. The van der Waals surface area contributed by atoms with Gasteiger partial charge in [-0.15, -0.1) is 0 Å². The number of hydrogen-bond donors (Lipinski definition) is 1. The largest absolute Gasteiger partial charge is 0.354 e. The van der Waals surface area contributed by atoms with Gasteiger partial charge in [-0.25, -0.2) is 9.78 Å². The van der Waals surface area contributed by atoms with Gasteiger partial charge >= 0.3 is 6.03 Å². The molecule has 2 heterocycles. The Morgan fingerprint density at radius 1 is 1.07 bits per heavy atom. The molecule has 1 aliphatic heterocycles. The van der Waals surface area contributed by atoms with Crippen molar-refractivity contribution in [2.75, 3.05) is 44.7 Å². The van der Waals surface area contributed by atoms with Crippen molar-refractivity contribution in [1.82, 2.24) is 20.1 Å². The predicted octanol–water partition coefficient (Wildman–Crippen LogP) is 2.96. The number of benzene rings is 1. The molecule has 1 aromatic carbocycles. The summed E-state index contributed by atoms with van der Waals surface area (Å²) in [6.07, 6.45) is 2.80. The second-order valence-corrected chi connectivity index (χ2v) is 7.38. The minimum atomic E-state index is -0.0335. The van der Waals surface area contributed by atoms with E-state index in [1.54, 1.807) is 0 Å². The predicted molar refractivity (Wildman–Crippen MR) is 113 cm³/mol. The molecule has 0 radical (unpaired) electrons. The van der Waals surface area contributed by atoms with Crippen molar-refractivity contribution in [2.24, 2.45) is 0 Å². The Balaban J connectivity index is 1.52. The summed E-state index contributed by atoms with van der Waals surface area (Å²) in [5, 5.41) is 3.04. The molecule has 0 saturated carbocycles. The maximum atomic E-state index is 12.6. The standard InChI is InChI=1S/C22H31N5O/c1-3-11-27(18-19-7-5-4-6-8-19)22(28)24-17-20-9-10-21(23-16-20)26-14-12-25(2)13-15-26/h4-10,16H,3,11-15,17-18H2,1-2H3,(H,24,28). The second kappa shape index (κ2) is 10.1. The highest BCUT2D eigenvalue weighted by atomic mass is 16.2. The number of amides is 2. The van der Waals surface area contributed by atoms with Crippen molar-refractivity contribution in [2.45, 2.75) is 26.4 Å². The van der Waals surface area contributed by atoms with Crippen LogP contribution < -0.4 is 10.2 Å². The maximum Gasteiger partial charge on any atom is 0.317 e. The fourth-order valence-electron chi connectivity index (χ4n) is 3.36. The molecule has 0 aliphatic carbocycles. The molecule has 1 N–H and O–H groups in total. The summed E-state index contributed by atoms with van der Waals surface area (Å²) in [6, 6.07) is 14.2. The molecular formula is C22H31N5O. The van der Waals surface area contributed by atoms with Crippen molar-refractivity contribution in [3.8, 4) is 0 Å². The topological polar surface area (TPSA) is 51.7 Å². The smallest absolute Gasteiger partial charge is 0.317 e. The molecule has 0 spiro atoms. The van der Waals surface area contributed by atoms with E-state index in [4.69, 9.17) is 0 Å². The number of carbonyl (C=O) groups excluding carboxylic acids is 1. The van der Waals surface area contributed by atoms with E-state index in [2.05, 4.69) is 58.3 Å². The molecule has 6 heteroatoms. The van der Waals surface area contributed by atoms with Gasteiger partial charge < -0.3 is 20.0 Å². The molecule has 6 nitrogen and oxygen atoms in total. The Morgan fingerprint density at radius 2 is 1.82 bits per heavy atom. The van der Waals surface area contributed by atoms with Gasteiger partial charge in [0.1, 0.15) is 5.82 Å². The van der Waals surface area contributed by atoms with Gasteiger partial charge in [-0.05, 0) is 30.7 Å². The molecule has 1 fully saturated rings. The quantitative estimate of drug-likeness (QED) is 0.801. The van der Waals surface area contributed by atoms with Gasteiger partial charge in [0.05, 0.1) is 0 Å². The Morgan fingerprint density at radius 3 is 2.46 bits per heavy atom. The Bertz CT molecular complexity index is 726. The number of anilines is 1. The summed E-state index contributed by atoms with van der Waals surface area (Å²) in [4.78, 5) is 23.7. The normalized spacial score (nSPS) is 14.7. The Labute approximate surface area is 168 Å². The van der Waals surface area contributed by atoms with Crippen LogP contribution in [0.15, 0.2) is 48.7 Å². The molecule has 1 aliphatic rings. The highest BCUT2D eigenvalue weighted by molar-refractivity contribution is 5.74. The number of carbonyl (C=O) groups is 1. The number of rotatable bonds is 7. The van der Waals surface area contributed by atoms with Crippen LogP contribution in [0.1, 0.15) is 24.5 Å². The summed E-state index contributed by atoms with van der Waals surface area (Å²) in [6.45, 7) is 8.08. The molecule has 2 amide bonds. The van der Waals surface area contributed by atoms with Gasteiger partial charge in [-0.2, -0.15) is 0 Å². The van der Waals surface area contributed by atoms with Crippen LogP contribution in [-0.2, 0) is 13.1 Å². The summed E-state index contributed by atoms with van der Waals surface area (Å²) in [5.41, 5.74) is 2.16. The number of likely N-dealkylation sites (N-methyl/N-ethyl adjacent to an activating group) is 1. The van der Waals surface area contributed by atoms with Gasteiger partial charge in [0, 0.05) is 52.0 Å². The number of hydrogen-bond acceptors (Lipinski definition) is 4. The molecule has 28 heavy (non-hydrogen) atoms. The molecule has 1 aromatic heterocycles. The van der Waals surface area contributed by atoms with Crippen molar-refractivity contribution in [3.63, 3.8) is 0 Å². The third-order valence-corrected chi connectivity index (χ3v) is 5.08. The van der Waals surface area contributed by atoms with E-state index in [1.165, 1.54) is 0 Å². The lowest BCUT2D eigenvalue weighted by atomic mass is 10.2. The van der Waals surface area contributed by atoms with Gasteiger partial charge in [0.2, 0.25) is 0 Å². The van der Waals surface area contributed by atoms with E-state index in [9.17, 15) is 4.79 Å². The van der Waals surface area contributed by atoms with Crippen LogP contribution in [0.3, 0.4) is 0 Å². The fraction of sp³-hybridized carbons (Fsp3) is 0.455. The lowest BCUT2D eigenvalue weighted by Crippen LogP contribution is -2.44. The van der Waals surface area contributed by atoms with Crippen LogP contribution in [0.25, 0.3) is 0 Å². The average molecular weight is 382 g/mol. The van der Waals surface area contributed by atoms with E-state index in [0.717, 1.165) is 56.1 Å². The third-order valence-electron chi connectivity index (χ3n) is 5.08. The van der Waals surface area contributed by atoms with Crippen LogP contribution in [0.2, 0.25) is 0 Å². The summed E-state index contributed by atoms with van der Waals surface area (Å²) >= 11 is 0. The van der Waals surface area contributed by atoms with E-state index in [0.29, 0.717) is 13.1 Å². The SMILES string of the molecule is CCCN(Cc1ccccc1)C(=O)NCc1ccc(N2CCN(C)CC2)nc1. The van der Waals surface area contributed by atoms with Gasteiger partial charge in [-0.3, -0.25) is 0 Å². The van der Waals surface area contributed by atoms with Crippen LogP contribution in [0.5, 0.6) is 0 Å². The van der Waals surface area contributed by atoms with Crippen molar-refractivity contribution >= 4 is 11.8 Å². The first-order valence-corrected chi connectivity index (χ1v) is 10.1. The highest BCUT2D eigenvalue weighted by Gasteiger charge is 2.16. The maximum absolute atomic E-state index is 12.6. The summed E-state index contributed by atoms with van der Waals surface area (Å²) in [5.74, 6) is 1.01. The average Bonchev–Trinajstić information content (AvgIpc) is 2.73. The molecule has 0 unspecified atom stereocenters. The molecule has 150 valence electrons. The zero-order valence-electron chi connectivity index (χ0n) is 17.0. The van der Waals surface area contributed by atoms with E-state index < -0.39 is 0 Å². The van der Waals surface area contributed by atoms with Crippen LogP contribution in [0.4, 0.5) is 10.6 Å². The number of nitrogens with one attached hydrogen (secondary N) is 1. The van der Waals surface area contributed by atoms with E-state index in [-0.39, 0.29) is 6.03 Å². The zero-order valence-corrected chi connectivity index (χ0v) is 17.0. The first kappa shape index (κ1) is 20.1. The highest BCUT2D eigenvalue weighted by Crippen LogP contribution is 2.14. The molecule has 3 rings (SSSR count). The Kier molecular flexibility index (Phi) is 7.25. The molecule has 0 bridgehead atoms. The van der Waals surface area contributed by atoms with Crippen molar-refractivity contribution in [3.05, 3.63) is 59.8 Å². The molecule has 0 atom stereocenters. The van der Waals surface area contributed by atoms with Crippen molar-refractivity contribution in [1.29, 1.82) is 0 Å². The lowest BCUT2D eigenvalue weighted by molar-refractivity contribution is 0.194. The van der Waals surface area contributed by atoms with E-state index >= 15 is 0 Å². The number of urea groups is 1. The monoisotopic (exact) mass is 381 g/mol. The first-order valence-electron chi connectivity index (χ1n) is 10.1. The number of piperazine rings is 1. The lowest BCUT2D eigenvalue weighted by Gasteiger charge is -2.33. The van der Waals surface area contributed by atoms with Crippen molar-refractivity contribution < 1.29 is 4.79 Å².